The average Bonchev–Trinajstić information content (AvgIpc) is 2.37. The van der Waals surface area contributed by atoms with Gasteiger partial charge in [0, 0.05) is 9.79 Å². The molecule has 112 valence electrons. The van der Waals surface area contributed by atoms with Crippen LogP contribution in [0.15, 0.2) is 58.3 Å². The van der Waals surface area contributed by atoms with Gasteiger partial charge in [-0.15, -0.1) is 15.8 Å². The van der Waals surface area contributed by atoms with Gasteiger partial charge in [-0.1, -0.05) is 36.0 Å². The first-order chi connectivity index (χ1) is 10.0. The molecule has 0 heterocycles. The second kappa shape index (κ2) is 8.33. The zero-order valence-corrected chi connectivity index (χ0v) is 15.9. The van der Waals surface area contributed by atoms with Gasteiger partial charge in [0.2, 0.25) is 0 Å². The first-order valence-corrected chi connectivity index (χ1v) is 12.8. The third kappa shape index (κ3) is 6.11. The molecule has 0 aromatic heterocycles. The lowest BCUT2D eigenvalue weighted by atomic mass is 10.2. The second-order valence-electron chi connectivity index (χ2n) is 5.87. The lowest BCUT2D eigenvalue weighted by Crippen LogP contribution is -1.85. The number of hydrogen-bond donors (Lipinski definition) is 0. The van der Waals surface area contributed by atoms with E-state index in [-0.39, 0.29) is 15.8 Å². The molecular weight excluding hydrogens is 310 g/mol. The van der Waals surface area contributed by atoms with E-state index in [4.69, 9.17) is 0 Å². The summed E-state index contributed by atoms with van der Waals surface area (Å²) in [5.41, 5.74) is 2.94. The summed E-state index contributed by atoms with van der Waals surface area (Å²) >= 11 is 1.88. The summed E-state index contributed by atoms with van der Waals surface area (Å²) in [6.07, 6.45) is 2.44. The van der Waals surface area contributed by atoms with Crippen molar-refractivity contribution in [3.63, 3.8) is 0 Å². The quantitative estimate of drug-likeness (QED) is 0.557. The van der Waals surface area contributed by atoms with Crippen molar-refractivity contribution in [2.45, 2.75) is 22.1 Å². The largest absolute Gasteiger partial charge is 0.109 e. The molecular formula is C18H24P2S. The molecule has 0 amide bonds. The molecule has 2 aromatic rings. The van der Waals surface area contributed by atoms with Gasteiger partial charge in [0.1, 0.15) is 0 Å². The van der Waals surface area contributed by atoms with E-state index < -0.39 is 0 Å². The molecule has 21 heavy (non-hydrogen) atoms. The summed E-state index contributed by atoms with van der Waals surface area (Å²) in [6, 6.07) is 18.0. The van der Waals surface area contributed by atoms with Crippen LogP contribution in [-0.2, 0) is 12.3 Å². The highest BCUT2D eigenvalue weighted by Gasteiger charge is 2.03. The van der Waals surface area contributed by atoms with Gasteiger partial charge in [-0.2, -0.15) is 0 Å². The van der Waals surface area contributed by atoms with Crippen molar-refractivity contribution in [3.05, 3.63) is 59.7 Å². The second-order valence-corrected chi connectivity index (χ2v) is 12.0. The average molecular weight is 334 g/mol. The molecule has 0 bridgehead atoms. The van der Waals surface area contributed by atoms with Crippen LogP contribution in [0, 0.1) is 0 Å². The first kappa shape index (κ1) is 17.0. The van der Waals surface area contributed by atoms with E-state index in [1.807, 2.05) is 11.8 Å². The molecule has 0 radical (unpaired) electrons. The minimum Gasteiger partial charge on any atom is -0.109 e. The third-order valence-corrected chi connectivity index (χ3v) is 6.00. The van der Waals surface area contributed by atoms with Crippen LogP contribution in [0.1, 0.15) is 11.1 Å². The number of benzene rings is 2. The Morgan fingerprint density at radius 1 is 0.714 bits per heavy atom. The summed E-state index contributed by atoms with van der Waals surface area (Å²) < 4.78 is 0. The molecule has 3 heteroatoms. The zero-order chi connectivity index (χ0) is 15.2. The zero-order valence-electron chi connectivity index (χ0n) is 13.3. The third-order valence-electron chi connectivity index (χ3n) is 3.03. The molecule has 0 saturated heterocycles. The predicted molar refractivity (Wildman–Crippen MR) is 102 cm³/mol. The van der Waals surface area contributed by atoms with Crippen molar-refractivity contribution < 1.29 is 0 Å². The fourth-order valence-electron chi connectivity index (χ4n) is 2.28. The van der Waals surface area contributed by atoms with E-state index in [2.05, 4.69) is 75.2 Å². The van der Waals surface area contributed by atoms with Crippen molar-refractivity contribution in [3.8, 4) is 0 Å². The van der Waals surface area contributed by atoms with Crippen LogP contribution in [0.25, 0.3) is 0 Å². The molecule has 0 unspecified atom stereocenters. The Balaban J connectivity index is 2.10. The van der Waals surface area contributed by atoms with Crippen LogP contribution in [0.4, 0.5) is 0 Å². The van der Waals surface area contributed by atoms with E-state index in [1.165, 1.54) is 33.2 Å². The van der Waals surface area contributed by atoms with Gasteiger partial charge in [-0.3, -0.25) is 0 Å². The minimum absolute atomic E-state index is 0.129. The molecule has 0 fully saturated rings. The molecule has 0 nitrogen and oxygen atoms in total. The summed E-state index contributed by atoms with van der Waals surface area (Å²) in [5.74, 6) is 0. The summed E-state index contributed by atoms with van der Waals surface area (Å²) in [7, 11) is 0.259. The van der Waals surface area contributed by atoms with Crippen molar-refractivity contribution in [1.29, 1.82) is 0 Å². The van der Waals surface area contributed by atoms with Crippen LogP contribution in [0.2, 0.25) is 0 Å². The summed E-state index contributed by atoms with van der Waals surface area (Å²) in [6.45, 7) is 9.36. The van der Waals surface area contributed by atoms with E-state index in [1.54, 1.807) is 0 Å². The maximum atomic E-state index is 2.35. The Hall–Kier alpha value is -0.350. The monoisotopic (exact) mass is 334 g/mol. The minimum atomic E-state index is 0.129. The van der Waals surface area contributed by atoms with Gasteiger partial charge in [-0.25, -0.2) is 0 Å². The van der Waals surface area contributed by atoms with Crippen LogP contribution < -0.4 is 0 Å². The van der Waals surface area contributed by atoms with Crippen molar-refractivity contribution in [2.75, 3.05) is 26.7 Å². The normalized spacial score (nSPS) is 11.3. The maximum absolute atomic E-state index is 2.35. The molecule has 2 aromatic carbocycles. The van der Waals surface area contributed by atoms with Crippen molar-refractivity contribution >= 4 is 27.6 Å². The molecule has 0 aliphatic heterocycles. The Bertz CT molecular complexity index is 527. The van der Waals surface area contributed by atoms with Gasteiger partial charge < -0.3 is 0 Å². The van der Waals surface area contributed by atoms with E-state index in [9.17, 15) is 0 Å². The highest BCUT2D eigenvalue weighted by Crippen LogP contribution is 2.35. The van der Waals surface area contributed by atoms with Crippen LogP contribution in [-0.4, -0.2) is 26.7 Å². The Labute approximate surface area is 136 Å². The lowest BCUT2D eigenvalue weighted by Gasteiger charge is -2.10. The topological polar surface area (TPSA) is 0 Å². The molecule has 0 atom stereocenters. The first-order valence-electron chi connectivity index (χ1n) is 7.18. The van der Waals surface area contributed by atoms with Crippen molar-refractivity contribution in [1.82, 2.24) is 0 Å². The van der Waals surface area contributed by atoms with Gasteiger partial charge in [0.15, 0.2) is 0 Å². The highest BCUT2D eigenvalue weighted by atomic mass is 32.2. The molecule has 0 saturated carbocycles. The van der Waals surface area contributed by atoms with Crippen LogP contribution >= 0.6 is 27.6 Å². The molecule has 2 rings (SSSR count). The fraction of sp³-hybridized carbons (Fsp3) is 0.333. The molecule has 0 aliphatic carbocycles. The summed E-state index contributed by atoms with van der Waals surface area (Å²) in [5, 5.41) is 0. The van der Waals surface area contributed by atoms with Gasteiger partial charge in [-0.05, 0) is 74.4 Å². The highest BCUT2D eigenvalue weighted by molar-refractivity contribution is 7.99. The van der Waals surface area contributed by atoms with E-state index in [0.29, 0.717) is 0 Å². The van der Waals surface area contributed by atoms with Crippen LogP contribution in [0.5, 0.6) is 0 Å². The summed E-state index contributed by atoms with van der Waals surface area (Å²) in [4.78, 5) is 2.72. The van der Waals surface area contributed by atoms with Crippen molar-refractivity contribution in [2.24, 2.45) is 0 Å². The molecule has 0 N–H and O–H groups in total. The standard InChI is InChI=1S/C18H24P2S/c1-19(2)13-15-7-5-9-17(11-15)21-18-10-6-8-16(12-18)14-20(3)4/h5-12H,13-14H2,1-4H3. The smallest absolute Gasteiger partial charge is 0.0125 e. The van der Waals surface area contributed by atoms with E-state index in [0.717, 1.165) is 0 Å². The van der Waals surface area contributed by atoms with Gasteiger partial charge in [0.25, 0.3) is 0 Å². The Morgan fingerprint density at radius 3 is 1.52 bits per heavy atom. The predicted octanol–water partition coefficient (Wildman–Crippen LogP) is 6.32. The number of hydrogen-bond acceptors (Lipinski definition) is 1. The lowest BCUT2D eigenvalue weighted by molar-refractivity contribution is 1.29. The maximum Gasteiger partial charge on any atom is 0.0125 e. The Kier molecular flexibility index (Phi) is 6.74. The van der Waals surface area contributed by atoms with Gasteiger partial charge >= 0.3 is 0 Å². The van der Waals surface area contributed by atoms with Gasteiger partial charge in [0.05, 0.1) is 0 Å². The van der Waals surface area contributed by atoms with Crippen LogP contribution in [0.3, 0.4) is 0 Å². The molecule has 0 spiro atoms. The molecule has 0 aliphatic rings. The Morgan fingerprint density at radius 2 is 1.14 bits per heavy atom. The van der Waals surface area contributed by atoms with E-state index >= 15 is 0 Å². The SMILES string of the molecule is CP(C)Cc1cccc(Sc2cccc(CP(C)C)c2)c1. The number of rotatable bonds is 6. The fourth-order valence-corrected chi connectivity index (χ4v) is 5.12.